The Morgan fingerprint density at radius 1 is 1.14 bits per heavy atom. The number of hydrogen-bond acceptors (Lipinski definition) is 4. The van der Waals surface area contributed by atoms with Gasteiger partial charge in [0.15, 0.2) is 0 Å². The van der Waals surface area contributed by atoms with Gasteiger partial charge >= 0.3 is 0 Å². The molecule has 0 aliphatic heterocycles. The summed E-state index contributed by atoms with van der Waals surface area (Å²) in [6.07, 6.45) is 2.27. The van der Waals surface area contributed by atoms with Crippen LogP contribution in [0.4, 0.5) is 5.82 Å². The fourth-order valence-corrected chi connectivity index (χ4v) is 2.51. The van der Waals surface area contributed by atoms with Crippen LogP contribution in [-0.4, -0.2) is 16.5 Å². The minimum atomic E-state index is 0.453. The second-order valence-corrected chi connectivity index (χ2v) is 5.83. The molecular weight excluding hydrogens is 309 g/mol. The van der Waals surface area contributed by atoms with Crippen molar-refractivity contribution in [2.24, 2.45) is 0 Å². The average molecular weight is 324 g/mol. The third kappa shape index (κ3) is 3.77. The maximum Gasteiger partial charge on any atom is 0.224 e. The van der Waals surface area contributed by atoms with Gasteiger partial charge in [0.05, 0.1) is 0 Å². The van der Waals surface area contributed by atoms with E-state index in [-0.39, 0.29) is 0 Å². The number of aromatic nitrogens is 2. The lowest BCUT2D eigenvalue weighted by molar-refractivity contribution is 0.459. The van der Waals surface area contributed by atoms with Crippen LogP contribution in [0.3, 0.4) is 0 Å². The van der Waals surface area contributed by atoms with Gasteiger partial charge in [-0.25, -0.2) is 4.98 Å². The van der Waals surface area contributed by atoms with Crippen LogP contribution in [0, 0.1) is 0 Å². The Bertz CT molecular complexity index is 639. The van der Waals surface area contributed by atoms with Crippen molar-refractivity contribution >= 4 is 29.0 Å². The maximum atomic E-state index is 5.98. The van der Waals surface area contributed by atoms with Gasteiger partial charge in [0, 0.05) is 28.6 Å². The zero-order chi connectivity index (χ0) is 14.8. The number of rotatable bonds is 5. The first-order valence-corrected chi connectivity index (χ1v) is 7.66. The van der Waals surface area contributed by atoms with E-state index >= 15 is 0 Å². The Morgan fingerprint density at radius 2 is 1.86 bits per heavy atom. The molecule has 1 N–H and O–H groups in total. The van der Waals surface area contributed by atoms with Gasteiger partial charge in [-0.05, 0) is 38.0 Å². The topological polar surface area (TPSA) is 47.0 Å². The Hall–Kier alpha value is -1.52. The van der Waals surface area contributed by atoms with E-state index in [0.29, 0.717) is 27.6 Å². The molecule has 0 spiro atoms. The third-order valence-corrected chi connectivity index (χ3v) is 3.52. The number of benzene rings is 1. The minimum Gasteiger partial charge on any atom is -0.439 e. The van der Waals surface area contributed by atoms with Crippen molar-refractivity contribution in [3.05, 3.63) is 40.1 Å². The van der Waals surface area contributed by atoms with E-state index in [0.717, 1.165) is 31.0 Å². The van der Waals surface area contributed by atoms with Crippen LogP contribution in [0.15, 0.2) is 24.3 Å². The highest BCUT2D eigenvalue weighted by Crippen LogP contribution is 2.39. The first-order chi connectivity index (χ1) is 10.1. The molecule has 0 amide bonds. The summed E-state index contributed by atoms with van der Waals surface area (Å²) < 4.78 is 5.79. The molecule has 0 radical (unpaired) electrons. The SMILES string of the molecule is CCNc1cc(Oc2cc(Cl)cc(Cl)c2)nc(C2CC2)n1. The van der Waals surface area contributed by atoms with Gasteiger partial charge in [-0.15, -0.1) is 0 Å². The monoisotopic (exact) mass is 323 g/mol. The Balaban J connectivity index is 1.89. The fraction of sp³-hybridized carbons (Fsp3) is 0.333. The smallest absolute Gasteiger partial charge is 0.224 e. The first kappa shape index (κ1) is 14.4. The first-order valence-electron chi connectivity index (χ1n) is 6.91. The van der Waals surface area contributed by atoms with Gasteiger partial charge in [0.25, 0.3) is 0 Å². The van der Waals surface area contributed by atoms with Gasteiger partial charge in [-0.2, -0.15) is 4.98 Å². The highest BCUT2D eigenvalue weighted by molar-refractivity contribution is 6.34. The van der Waals surface area contributed by atoms with Crippen LogP contribution in [0.25, 0.3) is 0 Å². The van der Waals surface area contributed by atoms with E-state index in [1.54, 1.807) is 24.3 Å². The molecule has 1 heterocycles. The van der Waals surface area contributed by atoms with Crippen LogP contribution in [0.2, 0.25) is 10.0 Å². The molecule has 110 valence electrons. The van der Waals surface area contributed by atoms with E-state index < -0.39 is 0 Å². The molecule has 3 rings (SSSR count). The molecule has 2 aromatic rings. The molecule has 1 aromatic heterocycles. The van der Waals surface area contributed by atoms with Crippen LogP contribution in [-0.2, 0) is 0 Å². The molecule has 6 heteroatoms. The zero-order valence-electron chi connectivity index (χ0n) is 11.6. The summed E-state index contributed by atoms with van der Waals surface area (Å²) in [6, 6.07) is 6.86. The van der Waals surface area contributed by atoms with E-state index in [2.05, 4.69) is 15.3 Å². The molecular formula is C15H15Cl2N3O. The largest absolute Gasteiger partial charge is 0.439 e. The van der Waals surface area contributed by atoms with Crippen LogP contribution >= 0.6 is 23.2 Å². The zero-order valence-corrected chi connectivity index (χ0v) is 13.1. The molecule has 1 aromatic carbocycles. The number of halogens is 2. The summed E-state index contributed by atoms with van der Waals surface area (Å²) in [4.78, 5) is 8.98. The van der Waals surface area contributed by atoms with Crippen molar-refractivity contribution in [2.45, 2.75) is 25.7 Å². The van der Waals surface area contributed by atoms with Gasteiger partial charge in [0.1, 0.15) is 17.4 Å². The number of nitrogens with one attached hydrogen (secondary N) is 1. The minimum absolute atomic E-state index is 0.453. The van der Waals surface area contributed by atoms with Crippen molar-refractivity contribution < 1.29 is 4.74 Å². The fourth-order valence-electron chi connectivity index (χ4n) is 2.00. The van der Waals surface area contributed by atoms with E-state index in [1.807, 2.05) is 6.92 Å². The van der Waals surface area contributed by atoms with Crippen molar-refractivity contribution in [3.63, 3.8) is 0 Å². The molecule has 1 aliphatic rings. The molecule has 0 saturated heterocycles. The molecule has 0 atom stereocenters. The summed E-state index contributed by atoms with van der Waals surface area (Å²) in [6.45, 7) is 2.82. The predicted molar refractivity (Wildman–Crippen MR) is 84.7 cm³/mol. The quantitative estimate of drug-likeness (QED) is 0.851. The van der Waals surface area contributed by atoms with Crippen molar-refractivity contribution in [1.29, 1.82) is 0 Å². The Morgan fingerprint density at radius 3 is 2.48 bits per heavy atom. The number of hydrogen-bond donors (Lipinski definition) is 1. The molecule has 1 aliphatic carbocycles. The van der Waals surface area contributed by atoms with E-state index in [1.165, 1.54) is 0 Å². The summed E-state index contributed by atoms with van der Waals surface area (Å²) in [5.74, 6) is 3.12. The highest BCUT2D eigenvalue weighted by Gasteiger charge is 2.27. The molecule has 1 fully saturated rings. The number of anilines is 1. The average Bonchev–Trinajstić information content (AvgIpc) is 3.21. The number of ether oxygens (including phenoxy) is 1. The second-order valence-electron chi connectivity index (χ2n) is 4.96. The van der Waals surface area contributed by atoms with Crippen LogP contribution in [0.5, 0.6) is 11.6 Å². The van der Waals surface area contributed by atoms with Crippen molar-refractivity contribution in [3.8, 4) is 11.6 Å². The van der Waals surface area contributed by atoms with Gasteiger partial charge in [0.2, 0.25) is 5.88 Å². The predicted octanol–water partition coefficient (Wildman–Crippen LogP) is 4.88. The van der Waals surface area contributed by atoms with Crippen molar-refractivity contribution in [2.75, 3.05) is 11.9 Å². The standard InChI is InChI=1S/C15H15Cl2N3O/c1-2-18-13-8-14(20-15(19-13)9-3-4-9)21-12-6-10(16)5-11(17)7-12/h5-9H,2-4H2,1H3,(H,18,19,20). The lowest BCUT2D eigenvalue weighted by Gasteiger charge is -2.10. The highest BCUT2D eigenvalue weighted by atomic mass is 35.5. The lowest BCUT2D eigenvalue weighted by Crippen LogP contribution is -2.04. The summed E-state index contributed by atoms with van der Waals surface area (Å²) >= 11 is 12.0. The molecule has 1 saturated carbocycles. The van der Waals surface area contributed by atoms with Gasteiger partial charge in [-0.3, -0.25) is 0 Å². The Labute approximate surface area is 133 Å². The van der Waals surface area contributed by atoms with Gasteiger partial charge in [-0.1, -0.05) is 23.2 Å². The van der Waals surface area contributed by atoms with Gasteiger partial charge < -0.3 is 10.1 Å². The lowest BCUT2D eigenvalue weighted by atomic mass is 10.3. The molecule has 21 heavy (non-hydrogen) atoms. The van der Waals surface area contributed by atoms with Crippen molar-refractivity contribution in [1.82, 2.24) is 9.97 Å². The summed E-state index contributed by atoms with van der Waals surface area (Å²) in [5.41, 5.74) is 0. The molecule has 0 unspecified atom stereocenters. The second kappa shape index (κ2) is 6.08. The summed E-state index contributed by atoms with van der Waals surface area (Å²) in [5, 5.41) is 4.25. The normalized spacial score (nSPS) is 14.0. The molecule has 0 bridgehead atoms. The third-order valence-electron chi connectivity index (χ3n) is 3.08. The van der Waals surface area contributed by atoms with Crippen LogP contribution < -0.4 is 10.1 Å². The molecule has 4 nitrogen and oxygen atoms in total. The van der Waals surface area contributed by atoms with E-state index in [4.69, 9.17) is 27.9 Å². The maximum absolute atomic E-state index is 5.98. The van der Waals surface area contributed by atoms with E-state index in [9.17, 15) is 0 Å². The Kier molecular flexibility index (Phi) is 4.17. The number of nitrogens with zero attached hydrogens (tertiary/aromatic N) is 2. The van der Waals surface area contributed by atoms with Crippen LogP contribution in [0.1, 0.15) is 31.5 Å². The summed E-state index contributed by atoms with van der Waals surface area (Å²) in [7, 11) is 0.